The molecule has 106 valence electrons. The number of hydrogen-bond donors (Lipinski definition) is 1. The highest BCUT2D eigenvalue weighted by Gasteiger charge is 2.21. The van der Waals surface area contributed by atoms with Crippen molar-refractivity contribution in [2.45, 2.75) is 24.3 Å². The minimum absolute atomic E-state index is 0.135. The van der Waals surface area contributed by atoms with E-state index in [-0.39, 0.29) is 16.5 Å². The first-order chi connectivity index (χ1) is 8.93. The fraction of sp³-hybridized carbons (Fsp3) is 0.385. The molecule has 6 heteroatoms. The predicted octanol–water partition coefficient (Wildman–Crippen LogP) is 2.42. The molecule has 4 nitrogen and oxygen atoms in total. The SMILES string of the molecule is C=CCCCN(C)S(=O)(=O)c1ccc(CO)c(Cl)c1. The molecule has 1 rings (SSSR count). The third-order valence-corrected chi connectivity index (χ3v) is 4.99. The number of sulfonamides is 1. The Morgan fingerprint density at radius 2 is 2.16 bits per heavy atom. The van der Waals surface area contributed by atoms with E-state index in [2.05, 4.69) is 6.58 Å². The molecule has 0 unspecified atom stereocenters. The van der Waals surface area contributed by atoms with Crippen molar-refractivity contribution in [3.8, 4) is 0 Å². The van der Waals surface area contributed by atoms with Crippen LogP contribution in [0.25, 0.3) is 0 Å². The lowest BCUT2D eigenvalue weighted by Crippen LogP contribution is -2.28. The molecule has 0 aliphatic carbocycles. The summed E-state index contributed by atoms with van der Waals surface area (Å²) in [5.74, 6) is 0. The van der Waals surface area contributed by atoms with E-state index in [9.17, 15) is 8.42 Å². The molecule has 0 fully saturated rings. The molecule has 0 bridgehead atoms. The van der Waals surface area contributed by atoms with Crippen molar-refractivity contribution in [3.63, 3.8) is 0 Å². The van der Waals surface area contributed by atoms with Crippen LogP contribution in [0.15, 0.2) is 35.7 Å². The van der Waals surface area contributed by atoms with Gasteiger partial charge in [0.2, 0.25) is 10.0 Å². The van der Waals surface area contributed by atoms with Gasteiger partial charge in [-0.1, -0.05) is 23.7 Å². The van der Waals surface area contributed by atoms with E-state index >= 15 is 0 Å². The number of aliphatic hydroxyl groups is 1. The first-order valence-electron chi connectivity index (χ1n) is 5.90. The van der Waals surface area contributed by atoms with Crippen molar-refractivity contribution < 1.29 is 13.5 Å². The van der Waals surface area contributed by atoms with Crippen molar-refractivity contribution >= 4 is 21.6 Å². The van der Waals surface area contributed by atoms with Crippen LogP contribution >= 0.6 is 11.6 Å². The van der Waals surface area contributed by atoms with Crippen LogP contribution in [0.3, 0.4) is 0 Å². The molecule has 1 aromatic rings. The summed E-state index contributed by atoms with van der Waals surface area (Å²) in [5, 5.41) is 9.26. The number of unbranched alkanes of at least 4 members (excludes halogenated alkanes) is 1. The summed E-state index contributed by atoms with van der Waals surface area (Å²) in [6.07, 6.45) is 3.25. The van der Waals surface area contributed by atoms with E-state index in [1.54, 1.807) is 6.08 Å². The van der Waals surface area contributed by atoms with E-state index in [4.69, 9.17) is 16.7 Å². The predicted molar refractivity (Wildman–Crippen MR) is 76.6 cm³/mol. The number of benzene rings is 1. The van der Waals surface area contributed by atoms with Gasteiger partial charge in [-0.2, -0.15) is 0 Å². The number of nitrogens with zero attached hydrogens (tertiary/aromatic N) is 1. The van der Waals surface area contributed by atoms with E-state index in [1.165, 1.54) is 29.6 Å². The van der Waals surface area contributed by atoms with Gasteiger partial charge in [0.15, 0.2) is 0 Å². The van der Waals surface area contributed by atoms with Gasteiger partial charge in [-0.05, 0) is 30.5 Å². The van der Waals surface area contributed by atoms with Crippen LogP contribution in [-0.4, -0.2) is 31.4 Å². The van der Waals surface area contributed by atoms with Crippen molar-refractivity contribution in [1.29, 1.82) is 0 Å². The van der Waals surface area contributed by atoms with E-state index in [0.717, 1.165) is 12.8 Å². The molecule has 0 aromatic heterocycles. The quantitative estimate of drug-likeness (QED) is 0.621. The molecule has 0 atom stereocenters. The average molecular weight is 304 g/mol. The molecule has 1 N–H and O–H groups in total. The second-order valence-electron chi connectivity index (χ2n) is 4.17. The number of rotatable bonds is 7. The van der Waals surface area contributed by atoms with Gasteiger partial charge >= 0.3 is 0 Å². The highest BCUT2D eigenvalue weighted by molar-refractivity contribution is 7.89. The maximum Gasteiger partial charge on any atom is 0.242 e. The fourth-order valence-electron chi connectivity index (χ4n) is 1.58. The highest BCUT2D eigenvalue weighted by Crippen LogP contribution is 2.23. The first kappa shape index (κ1) is 16.2. The number of halogens is 1. The van der Waals surface area contributed by atoms with Gasteiger partial charge in [0.1, 0.15) is 0 Å². The minimum atomic E-state index is -3.53. The molecule has 0 aliphatic heterocycles. The topological polar surface area (TPSA) is 57.6 Å². The number of hydrogen-bond acceptors (Lipinski definition) is 3. The Hall–Kier alpha value is -0.880. The maximum atomic E-state index is 12.3. The Balaban J connectivity index is 2.93. The molecular weight excluding hydrogens is 286 g/mol. The van der Waals surface area contributed by atoms with Gasteiger partial charge < -0.3 is 5.11 Å². The maximum absolute atomic E-state index is 12.3. The van der Waals surface area contributed by atoms with E-state index < -0.39 is 10.0 Å². The summed E-state index contributed by atoms with van der Waals surface area (Å²) in [4.78, 5) is 0.135. The standard InChI is InChI=1S/C13H18ClNO3S/c1-3-4-5-8-15(2)19(17,18)12-7-6-11(10-16)13(14)9-12/h3,6-7,9,16H,1,4-5,8,10H2,2H3. The Labute approximate surface area is 119 Å². The second kappa shape index (κ2) is 7.05. The lowest BCUT2D eigenvalue weighted by atomic mass is 10.2. The van der Waals surface area contributed by atoms with Gasteiger partial charge in [-0.3, -0.25) is 0 Å². The van der Waals surface area contributed by atoms with Crippen molar-refractivity contribution in [2.24, 2.45) is 0 Å². The summed E-state index contributed by atoms with van der Waals surface area (Å²) >= 11 is 5.91. The number of allylic oxidation sites excluding steroid dienone is 1. The van der Waals surface area contributed by atoms with Crippen LogP contribution in [-0.2, 0) is 16.6 Å². The summed E-state index contributed by atoms with van der Waals surface area (Å²) in [6.45, 7) is 3.81. The molecule has 0 aliphatic rings. The molecule has 0 heterocycles. The van der Waals surface area contributed by atoms with Crippen molar-refractivity contribution in [3.05, 3.63) is 41.4 Å². The molecule has 0 saturated heterocycles. The number of aliphatic hydroxyl groups excluding tert-OH is 1. The summed E-state index contributed by atoms with van der Waals surface area (Å²) in [5.41, 5.74) is 0.509. The van der Waals surface area contributed by atoms with Gasteiger partial charge in [0, 0.05) is 18.6 Å². The summed E-state index contributed by atoms with van der Waals surface area (Å²) in [6, 6.07) is 4.34. The van der Waals surface area contributed by atoms with Gasteiger partial charge in [0.25, 0.3) is 0 Å². The zero-order valence-corrected chi connectivity index (χ0v) is 12.4. The zero-order valence-electron chi connectivity index (χ0n) is 10.8. The molecular formula is C13H18ClNO3S. The summed E-state index contributed by atoms with van der Waals surface area (Å²) in [7, 11) is -2.00. The zero-order chi connectivity index (χ0) is 14.5. The lowest BCUT2D eigenvalue weighted by Gasteiger charge is -2.17. The van der Waals surface area contributed by atoms with E-state index in [1.807, 2.05) is 0 Å². The van der Waals surface area contributed by atoms with Crippen LogP contribution in [0.2, 0.25) is 5.02 Å². The Morgan fingerprint density at radius 1 is 1.47 bits per heavy atom. The molecule has 0 amide bonds. The monoisotopic (exact) mass is 303 g/mol. The van der Waals surface area contributed by atoms with Crippen LogP contribution in [0.1, 0.15) is 18.4 Å². The fourth-order valence-corrected chi connectivity index (χ4v) is 3.12. The van der Waals surface area contributed by atoms with Gasteiger partial charge in [0.05, 0.1) is 11.5 Å². The van der Waals surface area contributed by atoms with Crippen molar-refractivity contribution in [2.75, 3.05) is 13.6 Å². The minimum Gasteiger partial charge on any atom is -0.392 e. The molecule has 0 spiro atoms. The largest absolute Gasteiger partial charge is 0.392 e. The van der Waals surface area contributed by atoms with E-state index in [0.29, 0.717) is 12.1 Å². The lowest BCUT2D eigenvalue weighted by molar-refractivity contribution is 0.282. The Kier molecular flexibility index (Phi) is 6.00. The smallest absolute Gasteiger partial charge is 0.242 e. The average Bonchev–Trinajstić information content (AvgIpc) is 2.38. The Morgan fingerprint density at radius 3 is 2.68 bits per heavy atom. The molecule has 19 heavy (non-hydrogen) atoms. The molecule has 0 saturated carbocycles. The first-order valence-corrected chi connectivity index (χ1v) is 7.71. The van der Waals surface area contributed by atoms with Crippen LogP contribution in [0.5, 0.6) is 0 Å². The van der Waals surface area contributed by atoms with Crippen molar-refractivity contribution in [1.82, 2.24) is 4.31 Å². The second-order valence-corrected chi connectivity index (χ2v) is 6.62. The molecule has 0 radical (unpaired) electrons. The van der Waals surface area contributed by atoms with Gasteiger partial charge in [-0.15, -0.1) is 6.58 Å². The summed E-state index contributed by atoms with van der Waals surface area (Å²) < 4.78 is 25.8. The van der Waals surface area contributed by atoms with Crippen LogP contribution < -0.4 is 0 Å². The third kappa shape index (κ3) is 4.04. The van der Waals surface area contributed by atoms with Crippen LogP contribution in [0, 0.1) is 0 Å². The highest BCUT2D eigenvalue weighted by atomic mass is 35.5. The third-order valence-electron chi connectivity index (χ3n) is 2.78. The molecule has 1 aromatic carbocycles. The van der Waals surface area contributed by atoms with Gasteiger partial charge in [-0.25, -0.2) is 12.7 Å². The van der Waals surface area contributed by atoms with Crippen LogP contribution in [0.4, 0.5) is 0 Å². The Bertz CT molecular complexity index is 543. The normalized spacial score (nSPS) is 11.8.